The first-order valence-corrected chi connectivity index (χ1v) is 11.3. The maximum atomic E-state index is 12.7. The lowest BCUT2D eigenvalue weighted by Crippen LogP contribution is -2.14. The average Bonchev–Trinajstić information content (AvgIpc) is 3.37. The minimum absolute atomic E-state index is 0.0326. The van der Waals surface area contributed by atoms with Gasteiger partial charge in [-0.25, -0.2) is 4.79 Å². The van der Waals surface area contributed by atoms with Gasteiger partial charge >= 0.3 is 5.97 Å². The number of carbonyl (C=O) groups is 3. The van der Waals surface area contributed by atoms with Crippen LogP contribution in [0, 0.1) is 6.92 Å². The molecule has 0 bridgehead atoms. The van der Waals surface area contributed by atoms with E-state index in [1.807, 2.05) is 24.3 Å². The van der Waals surface area contributed by atoms with Crippen LogP contribution in [0.5, 0.6) is 5.75 Å². The van der Waals surface area contributed by atoms with E-state index >= 15 is 0 Å². The summed E-state index contributed by atoms with van der Waals surface area (Å²) in [5.41, 5.74) is 7.07. The second-order valence-electron chi connectivity index (χ2n) is 7.58. The van der Waals surface area contributed by atoms with Gasteiger partial charge in [0.25, 0.3) is 11.8 Å². The first-order valence-electron chi connectivity index (χ1n) is 10.4. The van der Waals surface area contributed by atoms with E-state index in [0.717, 1.165) is 11.3 Å². The number of furan rings is 1. The number of amides is 2. The smallest absolute Gasteiger partial charge is 0.341 e. The lowest BCUT2D eigenvalue weighted by molar-refractivity contribution is 0.0527. The van der Waals surface area contributed by atoms with Crippen molar-refractivity contribution in [1.82, 2.24) is 0 Å². The first-order chi connectivity index (χ1) is 15.7. The maximum absolute atomic E-state index is 12.7. The van der Waals surface area contributed by atoms with E-state index in [1.54, 1.807) is 19.9 Å². The molecule has 0 saturated heterocycles. The number of esters is 1. The van der Waals surface area contributed by atoms with Crippen molar-refractivity contribution in [2.24, 2.45) is 5.73 Å². The Labute approximate surface area is 195 Å². The van der Waals surface area contributed by atoms with Crippen molar-refractivity contribution in [3.05, 3.63) is 69.5 Å². The molecular formula is C24H26N2O6S. The highest BCUT2D eigenvalue weighted by atomic mass is 32.1. The first kappa shape index (κ1) is 24.1. The van der Waals surface area contributed by atoms with E-state index in [1.165, 1.54) is 11.6 Å². The molecule has 9 heteroatoms. The molecule has 0 aliphatic heterocycles. The average molecular weight is 471 g/mol. The summed E-state index contributed by atoms with van der Waals surface area (Å²) in [6, 6.07) is 10.9. The molecule has 3 aromatic rings. The second-order valence-corrected chi connectivity index (χ2v) is 8.60. The Morgan fingerprint density at radius 1 is 1.12 bits per heavy atom. The molecule has 2 amide bonds. The fraction of sp³-hybridized carbons (Fsp3) is 0.292. The highest BCUT2D eigenvalue weighted by molar-refractivity contribution is 7.18. The molecule has 0 unspecified atom stereocenters. The molecule has 0 spiro atoms. The highest BCUT2D eigenvalue weighted by Gasteiger charge is 2.26. The Morgan fingerprint density at radius 2 is 1.82 bits per heavy atom. The molecule has 174 valence electrons. The van der Waals surface area contributed by atoms with Crippen LogP contribution in [-0.2, 0) is 11.3 Å². The zero-order chi connectivity index (χ0) is 24.1. The van der Waals surface area contributed by atoms with Gasteiger partial charge in [-0.1, -0.05) is 26.0 Å². The van der Waals surface area contributed by atoms with E-state index in [0.29, 0.717) is 23.0 Å². The number of carbonyl (C=O) groups excluding carboxylic acids is 3. The van der Waals surface area contributed by atoms with Gasteiger partial charge in [0, 0.05) is 0 Å². The molecule has 2 aromatic heterocycles. The zero-order valence-corrected chi connectivity index (χ0v) is 19.7. The topological polar surface area (TPSA) is 121 Å². The van der Waals surface area contributed by atoms with Crippen molar-refractivity contribution in [2.75, 3.05) is 11.9 Å². The predicted octanol–water partition coefficient (Wildman–Crippen LogP) is 4.88. The summed E-state index contributed by atoms with van der Waals surface area (Å²) in [6.45, 7) is 7.77. The summed E-state index contributed by atoms with van der Waals surface area (Å²) in [7, 11) is 0. The minimum atomic E-state index is -0.692. The number of hydrogen-bond acceptors (Lipinski definition) is 7. The van der Waals surface area contributed by atoms with Gasteiger partial charge in [-0.05, 0) is 55.2 Å². The molecule has 33 heavy (non-hydrogen) atoms. The van der Waals surface area contributed by atoms with Crippen LogP contribution in [0.3, 0.4) is 0 Å². The molecule has 3 N–H and O–H groups in total. The number of anilines is 1. The number of nitrogens with two attached hydrogens (primary N) is 1. The molecule has 8 nitrogen and oxygen atoms in total. The minimum Gasteiger partial charge on any atom is -0.486 e. The maximum Gasteiger partial charge on any atom is 0.341 e. The fourth-order valence-electron chi connectivity index (χ4n) is 3.13. The van der Waals surface area contributed by atoms with Crippen molar-refractivity contribution >= 4 is 34.1 Å². The van der Waals surface area contributed by atoms with E-state index in [2.05, 4.69) is 19.2 Å². The summed E-state index contributed by atoms with van der Waals surface area (Å²) in [4.78, 5) is 37.0. The number of ether oxygens (including phenoxy) is 2. The Morgan fingerprint density at radius 3 is 2.42 bits per heavy atom. The van der Waals surface area contributed by atoms with Crippen LogP contribution in [0.1, 0.15) is 74.2 Å². The quantitative estimate of drug-likeness (QED) is 0.430. The molecule has 0 saturated carbocycles. The van der Waals surface area contributed by atoms with Crippen LogP contribution >= 0.6 is 11.3 Å². The summed E-state index contributed by atoms with van der Waals surface area (Å²) in [5.74, 6) is -0.308. The Balaban J connectivity index is 1.71. The summed E-state index contributed by atoms with van der Waals surface area (Å²) < 4.78 is 16.4. The van der Waals surface area contributed by atoms with Gasteiger partial charge in [-0.15, -0.1) is 11.3 Å². The van der Waals surface area contributed by atoms with Crippen molar-refractivity contribution < 1.29 is 28.3 Å². The second kappa shape index (κ2) is 10.4. The highest BCUT2D eigenvalue weighted by Crippen LogP contribution is 2.34. The van der Waals surface area contributed by atoms with Crippen molar-refractivity contribution in [2.45, 2.75) is 40.2 Å². The van der Waals surface area contributed by atoms with Gasteiger partial charge in [0.05, 0.1) is 17.0 Å². The molecule has 0 aliphatic rings. The summed E-state index contributed by atoms with van der Waals surface area (Å²) >= 11 is 0.915. The predicted molar refractivity (Wildman–Crippen MR) is 125 cm³/mol. The van der Waals surface area contributed by atoms with E-state index in [-0.39, 0.29) is 34.4 Å². The van der Waals surface area contributed by atoms with Crippen LogP contribution in [0.4, 0.5) is 5.00 Å². The Kier molecular flexibility index (Phi) is 7.55. The van der Waals surface area contributed by atoms with Gasteiger partial charge in [0.15, 0.2) is 5.76 Å². The zero-order valence-electron chi connectivity index (χ0n) is 18.9. The van der Waals surface area contributed by atoms with Crippen LogP contribution in [0.2, 0.25) is 0 Å². The standard InChI is InChI=1S/C24H26N2O6S/c1-5-30-24(29)19-14(4)20(21(25)27)33-23(19)26-22(28)18-11-10-17(32-18)12-31-16-8-6-15(7-9-16)13(2)3/h6-11,13H,5,12H2,1-4H3,(H2,25,27)(H,26,28). The third-order valence-electron chi connectivity index (χ3n) is 4.89. The SMILES string of the molecule is CCOC(=O)c1c(NC(=O)c2ccc(COc3ccc(C(C)C)cc3)o2)sc(C(N)=O)c1C. The number of benzene rings is 1. The third-order valence-corrected chi connectivity index (χ3v) is 6.11. The molecule has 2 heterocycles. The van der Waals surface area contributed by atoms with E-state index < -0.39 is 17.8 Å². The van der Waals surface area contributed by atoms with Crippen LogP contribution in [0.25, 0.3) is 0 Å². The number of hydrogen-bond donors (Lipinski definition) is 2. The molecule has 3 rings (SSSR count). The number of nitrogens with one attached hydrogen (secondary N) is 1. The number of thiophene rings is 1. The van der Waals surface area contributed by atoms with Gasteiger partial charge in [0.2, 0.25) is 0 Å². The Bertz CT molecular complexity index is 1160. The van der Waals surface area contributed by atoms with Gasteiger partial charge in [-0.3, -0.25) is 9.59 Å². The molecule has 1 aromatic carbocycles. The van der Waals surface area contributed by atoms with Gasteiger partial charge < -0.3 is 24.9 Å². The Hall–Kier alpha value is -3.59. The third kappa shape index (κ3) is 5.61. The molecule has 0 radical (unpaired) electrons. The van der Waals surface area contributed by atoms with Crippen molar-refractivity contribution in [3.63, 3.8) is 0 Å². The van der Waals surface area contributed by atoms with Gasteiger partial charge in [0.1, 0.15) is 23.1 Å². The lowest BCUT2D eigenvalue weighted by Gasteiger charge is -2.08. The normalized spacial score (nSPS) is 10.8. The van der Waals surface area contributed by atoms with Crippen LogP contribution in [-0.4, -0.2) is 24.4 Å². The van der Waals surface area contributed by atoms with Crippen LogP contribution in [0.15, 0.2) is 40.8 Å². The molecular weight excluding hydrogens is 444 g/mol. The van der Waals surface area contributed by atoms with E-state index in [4.69, 9.17) is 19.6 Å². The largest absolute Gasteiger partial charge is 0.486 e. The lowest BCUT2D eigenvalue weighted by atomic mass is 10.0. The fourth-order valence-corrected chi connectivity index (χ4v) is 4.17. The molecule has 0 aliphatic carbocycles. The van der Waals surface area contributed by atoms with E-state index in [9.17, 15) is 14.4 Å². The van der Waals surface area contributed by atoms with Gasteiger partial charge in [-0.2, -0.15) is 0 Å². The molecule has 0 fully saturated rings. The molecule has 0 atom stereocenters. The summed E-state index contributed by atoms with van der Waals surface area (Å²) in [5, 5.41) is 2.79. The summed E-state index contributed by atoms with van der Waals surface area (Å²) in [6.07, 6.45) is 0. The van der Waals surface area contributed by atoms with Crippen molar-refractivity contribution in [3.8, 4) is 5.75 Å². The number of rotatable bonds is 9. The van der Waals surface area contributed by atoms with Crippen molar-refractivity contribution in [1.29, 1.82) is 0 Å². The van der Waals surface area contributed by atoms with Crippen LogP contribution < -0.4 is 15.8 Å². The number of primary amides is 1. The monoisotopic (exact) mass is 470 g/mol.